The molecule has 2 aliphatic rings. The van der Waals surface area contributed by atoms with Gasteiger partial charge < -0.3 is 18.8 Å². The third-order valence-electron chi connectivity index (χ3n) is 6.78. The van der Waals surface area contributed by atoms with Gasteiger partial charge in [-0.15, -0.1) is 10.2 Å². The third kappa shape index (κ3) is 3.77. The lowest BCUT2D eigenvalue weighted by molar-refractivity contribution is 0.00908. The molecule has 0 saturated carbocycles. The Morgan fingerprint density at radius 3 is 2.66 bits per heavy atom. The fraction of sp³-hybridized carbons (Fsp3) is 0.400. The van der Waals surface area contributed by atoms with Crippen molar-refractivity contribution in [3.8, 4) is 17.2 Å². The van der Waals surface area contributed by atoms with Crippen molar-refractivity contribution in [2.24, 2.45) is 5.41 Å². The topological polar surface area (TPSA) is 77.7 Å². The molecule has 5 rings (SSSR count). The van der Waals surface area contributed by atoms with E-state index in [-0.39, 0.29) is 17.2 Å². The van der Waals surface area contributed by atoms with E-state index in [2.05, 4.69) is 10.2 Å². The van der Waals surface area contributed by atoms with Crippen molar-refractivity contribution >= 4 is 5.91 Å². The standard InChI is InChI=1S/C25H27N3O4/c1-17-6-8-18(9-7-17)22-26-27-23(32-22)21-15-28(16-25(21)10-12-31-13-11-25)24(29)19-4-3-5-20(14-19)30-2/h3-9,14,21H,10-13,15-16H2,1-2H3. The summed E-state index contributed by atoms with van der Waals surface area (Å²) in [7, 11) is 1.60. The molecule has 1 unspecified atom stereocenters. The molecule has 7 heteroatoms. The van der Waals surface area contributed by atoms with Crippen LogP contribution in [0.1, 0.15) is 40.6 Å². The first kappa shape index (κ1) is 20.7. The summed E-state index contributed by atoms with van der Waals surface area (Å²) < 4.78 is 17.1. The van der Waals surface area contributed by atoms with E-state index in [1.807, 2.05) is 54.3 Å². The molecule has 0 bridgehead atoms. The molecule has 2 fully saturated rings. The van der Waals surface area contributed by atoms with Gasteiger partial charge in [-0.25, -0.2) is 0 Å². The van der Waals surface area contributed by atoms with Crippen LogP contribution < -0.4 is 4.74 Å². The highest BCUT2D eigenvalue weighted by Gasteiger charge is 2.51. The van der Waals surface area contributed by atoms with Gasteiger partial charge in [0.25, 0.3) is 5.91 Å². The molecule has 1 amide bonds. The van der Waals surface area contributed by atoms with Crippen LogP contribution in [0.25, 0.3) is 11.5 Å². The van der Waals surface area contributed by atoms with E-state index < -0.39 is 0 Å². The Morgan fingerprint density at radius 2 is 1.91 bits per heavy atom. The second kappa shape index (κ2) is 8.39. The Morgan fingerprint density at radius 1 is 1.12 bits per heavy atom. The average Bonchev–Trinajstić information content (AvgIpc) is 3.45. The summed E-state index contributed by atoms with van der Waals surface area (Å²) >= 11 is 0. The van der Waals surface area contributed by atoms with Gasteiger partial charge in [-0.3, -0.25) is 4.79 Å². The molecule has 1 spiro atoms. The number of aryl methyl sites for hydroxylation is 1. The van der Waals surface area contributed by atoms with Crippen LogP contribution in [0, 0.1) is 12.3 Å². The largest absolute Gasteiger partial charge is 0.497 e. The SMILES string of the molecule is COc1cccc(C(=O)N2CC(c3nnc(-c4ccc(C)cc4)o3)C3(CCOCC3)C2)c1. The summed E-state index contributed by atoms with van der Waals surface area (Å²) in [6.07, 6.45) is 1.73. The molecule has 0 radical (unpaired) electrons. The maximum Gasteiger partial charge on any atom is 0.254 e. The number of nitrogens with zero attached hydrogens (tertiary/aromatic N) is 3. The van der Waals surface area contributed by atoms with Crippen LogP contribution in [0.4, 0.5) is 0 Å². The highest BCUT2D eigenvalue weighted by atomic mass is 16.5. The lowest BCUT2D eigenvalue weighted by Gasteiger charge is -2.36. The number of likely N-dealkylation sites (tertiary alicyclic amines) is 1. The minimum atomic E-state index is -0.121. The Balaban J connectivity index is 1.44. The van der Waals surface area contributed by atoms with Crippen molar-refractivity contribution in [2.75, 3.05) is 33.4 Å². The molecule has 2 saturated heterocycles. The van der Waals surface area contributed by atoms with Gasteiger partial charge >= 0.3 is 0 Å². The fourth-order valence-electron chi connectivity index (χ4n) is 4.87. The lowest BCUT2D eigenvalue weighted by atomic mass is 9.72. The van der Waals surface area contributed by atoms with Gasteiger partial charge in [-0.2, -0.15) is 0 Å². The highest BCUT2D eigenvalue weighted by molar-refractivity contribution is 5.95. The average molecular weight is 434 g/mol. The van der Waals surface area contributed by atoms with Crippen LogP contribution in [0.2, 0.25) is 0 Å². The Kier molecular flexibility index (Phi) is 5.43. The third-order valence-corrected chi connectivity index (χ3v) is 6.78. The normalized spacial score (nSPS) is 19.9. The van der Waals surface area contributed by atoms with Gasteiger partial charge in [0, 0.05) is 42.8 Å². The molecule has 2 aliphatic heterocycles. The van der Waals surface area contributed by atoms with Gasteiger partial charge in [-0.05, 0) is 50.1 Å². The molecular formula is C25H27N3O4. The summed E-state index contributed by atoms with van der Waals surface area (Å²) in [5.41, 5.74) is 2.58. The maximum atomic E-state index is 13.3. The van der Waals surface area contributed by atoms with E-state index in [4.69, 9.17) is 13.9 Å². The number of aromatic nitrogens is 2. The van der Waals surface area contributed by atoms with Gasteiger partial charge in [0.05, 0.1) is 13.0 Å². The van der Waals surface area contributed by atoms with E-state index >= 15 is 0 Å². The molecule has 1 atom stereocenters. The van der Waals surface area contributed by atoms with E-state index in [1.54, 1.807) is 13.2 Å². The number of carbonyl (C=O) groups is 1. The maximum absolute atomic E-state index is 13.3. The molecule has 32 heavy (non-hydrogen) atoms. The molecule has 7 nitrogen and oxygen atoms in total. The number of hydrogen-bond acceptors (Lipinski definition) is 6. The molecule has 0 aliphatic carbocycles. The van der Waals surface area contributed by atoms with Crippen molar-refractivity contribution in [3.05, 3.63) is 65.5 Å². The Labute approximate surface area is 187 Å². The number of hydrogen-bond donors (Lipinski definition) is 0. The minimum Gasteiger partial charge on any atom is -0.497 e. The van der Waals surface area contributed by atoms with Crippen molar-refractivity contribution < 1.29 is 18.7 Å². The number of rotatable bonds is 4. The van der Waals surface area contributed by atoms with Crippen molar-refractivity contribution in [3.63, 3.8) is 0 Å². The highest BCUT2D eigenvalue weighted by Crippen LogP contribution is 2.49. The predicted octanol–water partition coefficient (Wildman–Crippen LogP) is 4.09. The summed E-state index contributed by atoms with van der Waals surface area (Å²) in [6, 6.07) is 15.3. The first-order chi connectivity index (χ1) is 15.6. The van der Waals surface area contributed by atoms with Crippen molar-refractivity contribution in [1.29, 1.82) is 0 Å². The van der Waals surface area contributed by atoms with E-state index in [0.29, 0.717) is 49.4 Å². The molecule has 3 heterocycles. The van der Waals surface area contributed by atoms with Crippen LogP contribution in [0.5, 0.6) is 5.75 Å². The molecule has 1 aromatic heterocycles. The van der Waals surface area contributed by atoms with E-state index in [1.165, 1.54) is 5.56 Å². The van der Waals surface area contributed by atoms with Crippen LogP contribution in [-0.4, -0.2) is 54.4 Å². The van der Waals surface area contributed by atoms with Gasteiger partial charge in [0.2, 0.25) is 11.8 Å². The zero-order valence-electron chi connectivity index (χ0n) is 18.4. The predicted molar refractivity (Wildman–Crippen MR) is 119 cm³/mol. The first-order valence-electron chi connectivity index (χ1n) is 11.0. The van der Waals surface area contributed by atoms with Crippen LogP contribution in [0.15, 0.2) is 52.9 Å². The summed E-state index contributed by atoms with van der Waals surface area (Å²) in [4.78, 5) is 15.3. The van der Waals surface area contributed by atoms with Crippen molar-refractivity contribution in [1.82, 2.24) is 15.1 Å². The van der Waals surface area contributed by atoms with Gasteiger partial charge in [-0.1, -0.05) is 23.8 Å². The van der Waals surface area contributed by atoms with Crippen molar-refractivity contribution in [2.45, 2.75) is 25.7 Å². The van der Waals surface area contributed by atoms with Crippen LogP contribution in [-0.2, 0) is 4.74 Å². The Hall–Kier alpha value is -3.19. The van der Waals surface area contributed by atoms with E-state index in [0.717, 1.165) is 18.4 Å². The number of methoxy groups -OCH3 is 1. The second-order valence-electron chi connectivity index (χ2n) is 8.76. The molecule has 0 N–H and O–H groups in total. The molecule has 2 aromatic carbocycles. The monoisotopic (exact) mass is 433 g/mol. The quantitative estimate of drug-likeness (QED) is 0.617. The van der Waals surface area contributed by atoms with Gasteiger partial charge in [0.15, 0.2) is 0 Å². The molecule has 166 valence electrons. The fourth-order valence-corrected chi connectivity index (χ4v) is 4.87. The summed E-state index contributed by atoms with van der Waals surface area (Å²) in [5.74, 6) is 1.76. The number of amides is 1. The number of carbonyl (C=O) groups excluding carboxylic acids is 1. The first-order valence-corrected chi connectivity index (χ1v) is 11.0. The number of ether oxygens (including phenoxy) is 2. The van der Waals surface area contributed by atoms with Crippen LogP contribution in [0.3, 0.4) is 0 Å². The van der Waals surface area contributed by atoms with Gasteiger partial charge in [0.1, 0.15) is 5.75 Å². The zero-order chi connectivity index (χ0) is 22.1. The van der Waals surface area contributed by atoms with E-state index in [9.17, 15) is 4.79 Å². The lowest BCUT2D eigenvalue weighted by Crippen LogP contribution is -2.37. The van der Waals surface area contributed by atoms with Crippen LogP contribution >= 0.6 is 0 Å². The molecule has 3 aromatic rings. The minimum absolute atomic E-state index is 0.00413. The summed E-state index contributed by atoms with van der Waals surface area (Å²) in [6.45, 7) is 4.60. The zero-order valence-corrected chi connectivity index (χ0v) is 18.4. The smallest absolute Gasteiger partial charge is 0.254 e. The number of benzene rings is 2. The second-order valence-corrected chi connectivity index (χ2v) is 8.76. The Bertz CT molecular complexity index is 1100. The molecular weight excluding hydrogens is 406 g/mol. The summed E-state index contributed by atoms with van der Waals surface area (Å²) in [5, 5.41) is 8.75.